The Morgan fingerprint density at radius 2 is 1.77 bits per heavy atom. The molecule has 5 rings (SSSR count). The summed E-state index contributed by atoms with van der Waals surface area (Å²) in [5.74, 6) is 0.519. The Morgan fingerprint density at radius 1 is 1.05 bits per heavy atom. The van der Waals surface area contributed by atoms with Crippen molar-refractivity contribution in [1.29, 1.82) is 0 Å². The number of amides is 2. The SMILES string of the molecule is CNC(=O)c1nc(-c2cc3cn(C)nc3cc2OCOC)nc2ccc(N3C[C@H](C)N(C(=O)OC(C)(C)C)[C@@H](C)C3)cc12. The average molecular weight is 590 g/mol. The fraction of sp³-hybridized carbons (Fsp3) is 0.452. The molecule has 12 nitrogen and oxygen atoms in total. The van der Waals surface area contributed by atoms with E-state index in [1.807, 2.05) is 78.2 Å². The number of carbonyl (C=O) groups excluding carboxylic acids is 2. The van der Waals surface area contributed by atoms with Gasteiger partial charge in [-0.05, 0) is 58.9 Å². The lowest BCUT2D eigenvalue weighted by atomic mass is 10.1. The first-order valence-electron chi connectivity index (χ1n) is 14.3. The zero-order valence-corrected chi connectivity index (χ0v) is 26.0. The third-order valence-electron chi connectivity index (χ3n) is 7.30. The topological polar surface area (TPSA) is 124 Å². The summed E-state index contributed by atoms with van der Waals surface area (Å²) in [6.07, 6.45) is 1.59. The van der Waals surface area contributed by atoms with Crippen molar-refractivity contribution < 1.29 is 23.8 Å². The maximum Gasteiger partial charge on any atom is 0.410 e. The Morgan fingerprint density at radius 3 is 2.42 bits per heavy atom. The van der Waals surface area contributed by atoms with Crippen molar-refractivity contribution in [3.63, 3.8) is 0 Å². The number of methoxy groups -OCH3 is 1. The van der Waals surface area contributed by atoms with Crippen LogP contribution in [-0.2, 0) is 16.5 Å². The second-order valence-electron chi connectivity index (χ2n) is 11.9. The third kappa shape index (κ3) is 6.19. The zero-order valence-electron chi connectivity index (χ0n) is 26.0. The first-order chi connectivity index (χ1) is 20.4. The molecule has 2 aromatic heterocycles. The van der Waals surface area contributed by atoms with Gasteiger partial charge in [0, 0.05) is 63.0 Å². The number of aryl methyl sites for hydroxylation is 1. The number of benzene rings is 2. The van der Waals surface area contributed by atoms with Gasteiger partial charge in [0.25, 0.3) is 5.91 Å². The second kappa shape index (κ2) is 11.7. The number of piperazine rings is 1. The summed E-state index contributed by atoms with van der Waals surface area (Å²) < 4.78 is 18.4. The largest absolute Gasteiger partial charge is 0.467 e. The Balaban J connectivity index is 1.53. The van der Waals surface area contributed by atoms with Crippen molar-refractivity contribution in [1.82, 2.24) is 30.0 Å². The minimum atomic E-state index is -0.568. The van der Waals surface area contributed by atoms with Crippen molar-refractivity contribution in [2.45, 2.75) is 52.3 Å². The van der Waals surface area contributed by atoms with Crippen LogP contribution in [0.3, 0.4) is 0 Å². The maximum atomic E-state index is 13.2. The van der Waals surface area contributed by atoms with Crippen molar-refractivity contribution >= 4 is 39.5 Å². The van der Waals surface area contributed by atoms with Crippen molar-refractivity contribution in [2.75, 3.05) is 38.9 Å². The monoisotopic (exact) mass is 589 g/mol. The molecular formula is C31H39N7O5. The van der Waals surface area contributed by atoms with Gasteiger partial charge < -0.3 is 24.4 Å². The van der Waals surface area contributed by atoms with Gasteiger partial charge in [-0.1, -0.05) is 0 Å². The molecule has 0 unspecified atom stereocenters. The maximum absolute atomic E-state index is 13.2. The second-order valence-corrected chi connectivity index (χ2v) is 11.9. The Kier molecular flexibility index (Phi) is 8.15. The van der Waals surface area contributed by atoms with Crippen LogP contribution in [0, 0.1) is 0 Å². The van der Waals surface area contributed by atoms with E-state index in [-0.39, 0.29) is 36.6 Å². The van der Waals surface area contributed by atoms with Gasteiger partial charge in [-0.2, -0.15) is 5.10 Å². The molecule has 1 aliphatic rings. The molecule has 3 heterocycles. The van der Waals surface area contributed by atoms with E-state index in [4.69, 9.17) is 24.2 Å². The molecular weight excluding hydrogens is 550 g/mol. The van der Waals surface area contributed by atoms with Crippen LogP contribution in [0.2, 0.25) is 0 Å². The molecule has 43 heavy (non-hydrogen) atoms. The normalized spacial score (nSPS) is 17.4. The molecule has 0 aliphatic carbocycles. The van der Waals surface area contributed by atoms with Gasteiger partial charge in [-0.3, -0.25) is 14.4 Å². The fourth-order valence-corrected chi connectivity index (χ4v) is 5.53. The summed E-state index contributed by atoms with van der Waals surface area (Å²) in [5, 5.41) is 8.70. The van der Waals surface area contributed by atoms with Crippen LogP contribution >= 0.6 is 0 Å². The lowest BCUT2D eigenvalue weighted by Gasteiger charge is -2.45. The highest BCUT2D eigenvalue weighted by molar-refractivity contribution is 6.06. The number of carbonyl (C=O) groups is 2. The quantitative estimate of drug-likeness (QED) is 0.327. The predicted molar refractivity (Wildman–Crippen MR) is 164 cm³/mol. The molecule has 4 aromatic rings. The third-order valence-corrected chi connectivity index (χ3v) is 7.30. The van der Waals surface area contributed by atoms with E-state index in [0.29, 0.717) is 41.1 Å². The summed E-state index contributed by atoms with van der Waals surface area (Å²) >= 11 is 0. The number of hydrogen-bond donors (Lipinski definition) is 1. The van der Waals surface area contributed by atoms with Crippen LogP contribution in [0.4, 0.5) is 10.5 Å². The molecule has 0 saturated carbocycles. The highest BCUT2D eigenvalue weighted by Crippen LogP contribution is 2.35. The van der Waals surface area contributed by atoms with Gasteiger partial charge in [0.05, 0.1) is 28.7 Å². The summed E-state index contributed by atoms with van der Waals surface area (Å²) in [7, 11) is 4.97. The molecule has 2 aromatic carbocycles. The van der Waals surface area contributed by atoms with Crippen LogP contribution in [0.1, 0.15) is 45.1 Å². The number of anilines is 1. The van der Waals surface area contributed by atoms with Crippen molar-refractivity contribution in [3.8, 4) is 17.1 Å². The van der Waals surface area contributed by atoms with Crippen LogP contribution < -0.4 is 15.0 Å². The lowest BCUT2D eigenvalue weighted by molar-refractivity contribution is 0.00564. The highest BCUT2D eigenvalue weighted by Gasteiger charge is 2.36. The number of nitrogens with zero attached hydrogens (tertiary/aromatic N) is 6. The van der Waals surface area contributed by atoms with Crippen LogP contribution in [0.5, 0.6) is 5.75 Å². The molecule has 1 N–H and O–H groups in total. The molecule has 0 radical (unpaired) electrons. The predicted octanol–water partition coefficient (Wildman–Crippen LogP) is 4.36. The zero-order chi connectivity index (χ0) is 31.1. The Hall–Kier alpha value is -4.45. The minimum Gasteiger partial charge on any atom is -0.467 e. The summed E-state index contributed by atoms with van der Waals surface area (Å²) in [5.41, 5.74) is 2.59. The molecule has 0 bridgehead atoms. The minimum absolute atomic E-state index is 0.0304. The fourth-order valence-electron chi connectivity index (χ4n) is 5.53. The van der Waals surface area contributed by atoms with E-state index in [9.17, 15) is 9.59 Å². The van der Waals surface area contributed by atoms with Crippen molar-refractivity contribution in [2.24, 2.45) is 7.05 Å². The number of nitrogens with one attached hydrogen (secondary N) is 1. The van der Waals surface area contributed by atoms with E-state index in [1.165, 1.54) is 0 Å². The number of rotatable bonds is 6. The molecule has 1 saturated heterocycles. The molecule has 0 spiro atoms. The number of ether oxygens (including phenoxy) is 3. The average Bonchev–Trinajstić information content (AvgIpc) is 3.31. The van der Waals surface area contributed by atoms with Crippen LogP contribution in [-0.4, -0.2) is 88.4 Å². The number of hydrogen-bond acceptors (Lipinski definition) is 9. The van der Waals surface area contributed by atoms with Gasteiger partial charge in [0.1, 0.15) is 17.0 Å². The molecule has 2 amide bonds. The molecule has 228 valence electrons. The number of aromatic nitrogens is 4. The van der Waals surface area contributed by atoms with Gasteiger partial charge in [0.2, 0.25) is 0 Å². The van der Waals surface area contributed by atoms with Gasteiger partial charge in [-0.25, -0.2) is 14.8 Å². The van der Waals surface area contributed by atoms with Gasteiger partial charge in [0.15, 0.2) is 12.6 Å². The van der Waals surface area contributed by atoms with Gasteiger partial charge in [-0.15, -0.1) is 0 Å². The molecule has 1 fully saturated rings. The van der Waals surface area contributed by atoms with Crippen LogP contribution in [0.15, 0.2) is 36.5 Å². The van der Waals surface area contributed by atoms with E-state index < -0.39 is 5.60 Å². The standard InChI is InChI=1S/C31H39N7O5/c1-18-14-37(15-19(2)38(18)30(40)43-31(3,4)5)21-9-10-24-22(12-21)27(29(39)32-6)34-28(33-24)23-11-20-16-36(7)35-25(20)13-26(23)42-17-41-8/h9-13,16,18-19H,14-15,17H2,1-8H3,(H,32,39)/t18-,19-/m0/s1. The van der Waals surface area contributed by atoms with E-state index >= 15 is 0 Å². The Bertz CT molecular complexity index is 1670. The molecule has 2 atom stereocenters. The summed E-state index contributed by atoms with van der Waals surface area (Å²) in [6.45, 7) is 10.9. The van der Waals surface area contributed by atoms with Gasteiger partial charge >= 0.3 is 6.09 Å². The summed E-state index contributed by atoms with van der Waals surface area (Å²) in [4.78, 5) is 39.7. The Labute approximate surface area is 250 Å². The lowest BCUT2D eigenvalue weighted by Crippen LogP contribution is -2.59. The van der Waals surface area contributed by atoms with Crippen molar-refractivity contribution in [3.05, 3.63) is 42.2 Å². The summed E-state index contributed by atoms with van der Waals surface area (Å²) in [6, 6.07) is 9.39. The molecule has 12 heteroatoms. The van der Waals surface area contributed by atoms with Crippen LogP contribution in [0.25, 0.3) is 33.2 Å². The van der Waals surface area contributed by atoms with E-state index in [1.54, 1.807) is 23.7 Å². The number of fused-ring (bicyclic) bond motifs is 2. The molecule has 1 aliphatic heterocycles. The van der Waals surface area contributed by atoms with E-state index in [0.717, 1.165) is 16.6 Å². The smallest absolute Gasteiger partial charge is 0.410 e. The van der Waals surface area contributed by atoms with E-state index in [2.05, 4.69) is 15.3 Å². The first-order valence-corrected chi connectivity index (χ1v) is 14.3. The highest BCUT2D eigenvalue weighted by atomic mass is 16.7. The first kappa shape index (κ1) is 30.0.